The quantitative estimate of drug-likeness (QED) is 0.312. The SMILES string of the molecule is C=CCOC(=O)c1cccc(NC(=O)[C@@H]2C[C@@H](CC(=O)S)CN2C(=O)OCC=C)c1OC. The van der Waals surface area contributed by atoms with Crippen molar-refractivity contribution >= 4 is 41.4 Å². The van der Waals surface area contributed by atoms with Gasteiger partial charge in [0.05, 0.1) is 12.8 Å². The van der Waals surface area contributed by atoms with Crippen LogP contribution in [-0.2, 0) is 19.1 Å². The van der Waals surface area contributed by atoms with Gasteiger partial charge in [-0.25, -0.2) is 9.59 Å². The molecular formula is C22H26N2O7S. The number of para-hydroxylation sites is 1. The molecular weight excluding hydrogens is 436 g/mol. The highest BCUT2D eigenvalue weighted by Gasteiger charge is 2.41. The van der Waals surface area contributed by atoms with E-state index >= 15 is 0 Å². The molecule has 32 heavy (non-hydrogen) atoms. The number of anilines is 1. The molecule has 1 aromatic rings. The van der Waals surface area contributed by atoms with Crippen molar-refractivity contribution < 1.29 is 33.4 Å². The van der Waals surface area contributed by atoms with Crippen molar-refractivity contribution in [3.63, 3.8) is 0 Å². The van der Waals surface area contributed by atoms with Gasteiger partial charge in [-0.3, -0.25) is 14.5 Å². The van der Waals surface area contributed by atoms with Crippen LogP contribution in [0.1, 0.15) is 23.2 Å². The topological polar surface area (TPSA) is 111 Å². The van der Waals surface area contributed by atoms with Gasteiger partial charge in [0.15, 0.2) is 10.9 Å². The lowest BCUT2D eigenvalue weighted by atomic mass is 10.0. The molecule has 0 saturated carbocycles. The molecule has 0 aliphatic carbocycles. The monoisotopic (exact) mass is 462 g/mol. The predicted molar refractivity (Wildman–Crippen MR) is 121 cm³/mol. The number of esters is 1. The van der Waals surface area contributed by atoms with Crippen LogP contribution in [-0.4, -0.2) is 60.9 Å². The number of methoxy groups -OCH3 is 1. The molecule has 1 aliphatic heterocycles. The fourth-order valence-corrected chi connectivity index (χ4v) is 3.68. The maximum Gasteiger partial charge on any atom is 0.410 e. The molecule has 0 radical (unpaired) electrons. The van der Waals surface area contributed by atoms with Gasteiger partial charge in [-0.1, -0.05) is 31.4 Å². The van der Waals surface area contributed by atoms with Gasteiger partial charge in [-0.15, -0.1) is 12.6 Å². The number of benzene rings is 1. The summed E-state index contributed by atoms with van der Waals surface area (Å²) in [5, 5.41) is 2.37. The second-order valence-electron chi connectivity index (χ2n) is 7.00. The van der Waals surface area contributed by atoms with Gasteiger partial charge >= 0.3 is 12.1 Å². The number of rotatable bonds is 10. The van der Waals surface area contributed by atoms with Gasteiger partial charge in [0.1, 0.15) is 24.8 Å². The standard InChI is InChI=1S/C22H26N2O7S/c1-4-9-30-21(27)15-7-6-8-16(19(15)29-3)23-20(26)17-11-14(12-18(25)32)13-24(17)22(28)31-10-5-2/h4-8,14,17H,1-2,9-13H2,3H3,(H,23,26)(H,25,32)/t14-,17-/m0/s1. The third-order valence-electron chi connectivity index (χ3n) is 4.74. The number of ether oxygens (including phenoxy) is 3. The number of carbonyl (C=O) groups excluding carboxylic acids is 4. The van der Waals surface area contributed by atoms with Crippen LogP contribution in [0.25, 0.3) is 0 Å². The summed E-state index contributed by atoms with van der Waals surface area (Å²) in [4.78, 5) is 50.5. The molecule has 2 atom stereocenters. The van der Waals surface area contributed by atoms with Gasteiger partial charge in [0, 0.05) is 13.0 Å². The Morgan fingerprint density at radius 2 is 1.88 bits per heavy atom. The first kappa shape index (κ1) is 25.0. The Morgan fingerprint density at radius 1 is 1.19 bits per heavy atom. The molecule has 0 unspecified atom stereocenters. The minimum atomic E-state index is -0.883. The number of hydrogen-bond acceptors (Lipinski definition) is 7. The Labute approximate surface area is 191 Å². The maximum absolute atomic E-state index is 13.1. The summed E-state index contributed by atoms with van der Waals surface area (Å²) in [6.45, 7) is 7.17. The molecule has 1 saturated heterocycles. The summed E-state index contributed by atoms with van der Waals surface area (Å²) in [5.41, 5.74) is 0.359. The van der Waals surface area contributed by atoms with Gasteiger partial charge in [-0.05, 0) is 24.5 Å². The summed E-state index contributed by atoms with van der Waals surface area (Å²) in [5.74, 6) is -1.27. The largest absolute Gasteiger partial charge is 0.494 e. The Balaban J connectivity index is 2.25. The van der Waals surface area contributed by atoms with E-state index in [1.54, 1.807) is 12.1 Å². The first-order valence-electron chi connectivity index (χ1n) is 9.84. The van der Waals surface area contributed by atoms with Crippen molar-refractivity contribution in [3.8, 4) is 5.75 Å². The van der Waals surface area contributed by atoms with Crippen molar-refractivity contribution in [2.45, 2.75) is 18.9 Å². The summed E-state index contributed by atoms with van der Waals surface area (Å²) in [6, 6.07) is 3.75. The normalized spacial score (nSPS) is 17.2. The molecule has 0 spiro atoms. The van der Waals surface area contributed by atoms with Crippen molar-refractivity contribution in [1.29, 1.82) is 0 Å². The number of likely N-dealkylation sites (tertiary alicyclic amines) is 1. The van der Waals surface area contributed by atoms with Gasteiger partial charge in [0.25, 0.3) is 0 Å². The molecule has 10 heteroatoms. The second-order valence-corrected chi connectivity index (χ2v) is 7.49. The minimum Gasteiger partial charge on any atom is -0.494 e. The molecule has 2 amide bonds. The van der Waals surface area contributed by atoms with E-state index in [4.69, 9.17) is 14.2 Å². The molecule has 1 N–H and O–H groups in total. The third-order valence-corrected chi connectivity index (χ3v) is 4.92. The van der Waals surface area contributed by atoms with Crippen LogP contribution in [0.4, 0.5) is 10.5 Å². The van der Waals surface area contributed by atoms with Gasteiger partial charge in [0.2, 0.25) is 5.91 Å². The number of hydrogen-bond donors (Lipinski definition) is 2. The molecule has 1 aromatic carbocycles. The average molecular weight is 463 g/mol. The van der Waals surface area contributed by atoms with E-state index in [0.29, 0.717) is 0 Å². The lowest BCUT2D eigenvalue weighted by Crippen LogP contribution is -2.43. The molecule has 1 heterocycles. The first-order valence-corrected chi connectivity index (χ1v) is 10.3. The minimum absolute atomic E-state index is 0.0114. The fraction of sp³-hybridized carbons (Fsp3) is 0.364. The van der Waals surface area contributed by atoms with E-state index in [9.17, 15) is 19.2 Å². The van der Waals surface area contributed by atoms with E-state index in [-0.39, 0.29) is 60.6 Å². The van der Waals surface area contributed by atoms with E-state index < -0.39 is 24.0 Å². The van der Waals surface area contributed by atoms with Crippen molar-refractivity contribution in [3.05, 3.63) is 49.1 Å². The predicted octanol–water partition coefficient (Wildman–Crippen LogP) is 2.84. The van der Waals surface area contributed by atoms with Crippen LogP contribution in [0.2, 0.25) is 0 Å². The summed E-state index contributed by atoms with van der Waals surface area (Å²) < 4.78 is 15.5. The van der Waals surface area contributed by atoms with Gasteiger partial charge < -0.3 is 19.5 Å². The summed E-state index contributed by atoms with van der Waals surface area (Å²) in [6.07, 6.45) is 2.53. The Hall–Kier alpha value is -3.27. The van der Waals surface area contributed by atoms with Crippen LogP contribution in [0, 0.1) is 5.92 Å². The molecule has 1 fully saturated rings. The van der Waals surface area contributed by atoms with Crippen molar-refractivity contribution in [1.82, 2.24) is 4.90 Å². The molecule has 0 aromatic heterocycles. The van der Waals surface area contributed by atoms with E-state index in [1.807, 2.05) is 0 Å². The Kier molecular flexibility index (Phi) is 9.33. The first-order chi connectivity index (χ1) is 15.3. The maximum atomic E-state index is 13.1. The molecule has 9 nitrogen and oxygen atoms in total. The lowest BCUT2D eigenvalue weighted by Gasteiger charge is -2.23. The zero-order valence-corrected chi connectivity index (χ0v) is 18.6. The zero-order chi connectivity index (χ0) is 23.7. The Morgan fingerprint density at radius 3 is 2.50 bits per heavy atom. The highest BCUT2D eigenvalue weighted by atomic mass is 32.1. The zero-order valence-electron chi connectivity index (χ0n) is 17.7. The van der Waals surface area contributed by atoms with Crippen molar-refractivity contribution in [2.24, 2.45) is 5.92 Å². The number of carbonyl (C=O) groups is 4. The van der Waals surface area contributed by atoms with Crippen LogP contribution in [0.5, 0.6) is 5.75 Å². The van der Waals surface area contributed by atoms with E-state index in [2.05, 4.69) is 31.1 Å². The number of nitrogens with zero attached hydrogens (tertiary/aromatic N) is 1. The second kappa shape index (κ2) is 11.9. The average Bonchev–Trinajstić information content (AvgIpc) is 3.18. The highest BCUT2D eigenvalue weighted by Crippen LogP contribution is 2.32. The number of thiol groups is 1. The van der Waals surface area contributed by atoms with Crippen LogP contribution >= 0.6 is 12.6 Å². The third kappa shape index (κ3) is 6.36. The van der Waals surface area contributed by atoms with Crippen LogP contribution in [0.15, 0.2) is 43.5 Å². The van der Waals surface area contributed by atoms with E-state index in [1.165, 1.54) is 30.2 Å². The summed E-state index contributed by atoms with van der Waals surface area (Å²) in [7, 11) is 1.36. The number of amides is 2. The molecule has 172 valence electrons. The van der Waals surface area contributed by atoms with Crippen LogP contribution in [0.3, 0.4) is 0 Å². The Bertz CT molecular complexity index is 902. The van der Waals surface area contributed by atoms with Gasteiger partial charge in [-0.2, -0.15) is 0 Å². The van der Waals surface area contributed by atoms with Crippen LogP contribution < -0.4 is 10.1 Å². The molecule has 0 bridgehead atoms. The summed E-state index contributed by atoms with van der Waals surface area (Å²) >= 11 is 3.80. The van der Waals surface area contributed by atoms with Crippen molar-refractivity contribution in [2.75, 3.05) is 32.2 Å². The molecule has 2 rings (SSSR count). The number of nitrogens with one attached hydrogen (secondary N) is 1. The highest BCUT2D eigenvalue weighted by molar-refractivity contribution is 7.96. The molecule has 1 aliphatic rings. The fourth-order valence-electron chi connectivity index (χ4n) is 3.43. The lowest BCUT2D eigenvalue weighted by molar-refractivity contribution is -0.120. The smallest absolute Gasteiger partial charge is 0.410 e. The van der Waals surface area contributed by atoms with E-state index in [0.717, 1.165) is 0 Å².